The number of hydrogen-bond donors (Lipinski definition) is 0. The van der Waals surface area contributed by atoms with Gasteiger partial charge in [0.1, 0.15) is 4.83 Å². The Hall–Kier alpha value is -2.44. The van der Waals surface area contributed by atoms with Crippen molar-refractivity contribution < 1.29 is 0 Å². The van der Waals surface area contributed by atoms with E-state index in [1.807, 2.05) is 42.5 Å². The van der Waals surface area contributed by atoms with Crippen LogP contribution in [-0.4, -0.2) is 14.5 Å². The van der Waals surface area contributed by atoms with Gasteiger partial charge in [0.05, 0.1) is 11.1 Å². The maximum atomic E-state index is 13.6. The molecule has 0 spiro atoms. The number of pyridine rings is 1. The van der Waals surface area contributed by atoms with Crippen LogP contribution >= 0.6 is 23.1 Å². The molecule has 28 heavy (non-hydrogen) atoms. The molecule has 0 aliphatic heterocycles. The van der Waals surface area contributed by atoms with Crippen molar-refractivity contribution in [2.24, 2.45) is 0 Å². The lowest BCUT2D eigenvalue weighted by atomic mass is 9.97. The van der Waals surface area contributed by atoms with E-state index in [9.17, 15) is 4.79 Å². The lowest BCUT2D eigenvalue weighted by Crippen LogP contribution is -2.22. The highest BCUT2D eigenvalue weighted by Crippen LogP contribution is 2.35. The van der Waals surface area contributed by atoms with Gasteiger partial charge in [-0.3, -0.25) is 14.3 Å². The van der Waals surface area contributed by atoms with Crippen LogP contribution in [0.2, 0.25) is 0 Å². The molecular weight excluding hydrogens is 386 g/mol. The van der Waals surface area contributed by atoms with E-state index >= 15 is 0 Å². The minimum Gasteiger partial charge on any atom is -0.268 e. The molecule has 140 valence electrons. The fourth-order valence-electron chi connectivity index (χ4n) is 3.71. The number of aromatic nitrogens is 3. The van der Waals surface area contributed by atoms with Crippen molar-refractivity contribution in [3.8, 4) is 5.69 Å². The van der Waals surface area contributed by atoms with Crippen molar-refractivity contribution in [2.45, 2.75) is 36.6 Å². The minimum atomic E-state index is 0.0628. The van der Waals surface area contributed by atoms with Crippen LogP contribution < -0.4 is 5.56 Å². The average molecular weight is 406 g/mol. The van der Waals surface area contributed by atoms with Gasteiger partial charge in [0.15, 0.2) is 5.16 Å². The first-order valence-corrected chi connectivity index (χ1v) is 11.3. The second-order valence-electron chi connectivity index (χ2n) is 6.91. The first kappa shape index (κ1) is 17.6. The molecular formula is C22H19N3OS2. The van der Waals surface area contributed by atoms with Crippen LogP contribution in [0.1, 0.15) is 28.8 Å². The van der Waals surface area contributed by atoms with Crippen molar-refractivity contribution in [1.29, 1.82) is 0 Å². The SMILES string of the molecule is O=c1c2c3c(sc2nc(SCc2ccncc2)n1-c1ccccc1)CCCC3. The smallest absolute Gasteiger partial charge is 0.267 e. The predicted molar refractivity (Wildman–Crippen MR) is 116 cm³/mol. The molecule has 3 heterocycles. The summed E-state index contributed by atoms with van der Waals surface area (Å²) in [4.78, 5) is 24.9. The molecule has 0 saturated carbocycles. The summed E-state index contributed by atoms with van der Waals surface area (Å²) >= 11 is 3.31. The van der Waals surface area contributed by atoms with Gasteiger partial charge in [-0.1, -0.05) is 30.0 Å². The molecule has 0 fully saturated rings. The van der Waals surface area contributed by atoms with Crippen LogP contribution in [0.3, 0.4) is 0 Å². The number of para-hydroxylation sites is 1. The summed E-state index contributed by atoms with van der Waals surface area (Å²) in [5.41, 5.74) is 3.33. The normalized spacial score (nSPS) is 13.6. The Kier molecular flexibility index (Phi) is 4.74. The Labute approximate surface area is 171 Å². The van der Waals surface area contributed by atoms with Crippen molar-refractivity contribution in [3.63, 3.8) is 0 Å². The molecule has 0 saturated heterocycles. The van der Waals surface area contributed by atoms with Crippen molar-refractivity contribution >= 4 is 33.3 Å². The van der Waals surface area contributed by atoms with Crippen LogP contribution in [0.5, 0.6) is 0 Å². The number of fused-ring (bicyclic) bond motifs is 3. The summed E-state index contributed by atoms with van der Waals surface area (Å²) in [7, 11) is 0. The molecule has 5 rings (SSSR count). The van der Waals surface area contributed by atoms with Gasteiger partial charge in [-0.05, 0) is 61.1 Å². The van der Waals surface area contributed by atoms with Gasteiger partial charge < -0.3 is 0 Å². The van der Waals surface area contributed by atoms with Crippen LogP contribution in [0, 0.1) is 0 Å². The van der Waals surface area contributed by atoms with E-state index in [1.165, 1.54) is 22.4 Å². The molecule has 1 aromatic carbocycles. The van der Waals surface area contributed by atoms with Gasteiger partial charge in [-0.15, -0.1) is 11.3 Å². The van der Waals surface area contributed by atoms with E-state index < -0.39 is 0 Å². The summed E-state index contributed by atoms with van der Waals surface area (Å²) in [5, 5.41) is 1.58. The predicted octanol–water partition coefficient (Wildman–Crippen LogP) is 5.01. The number of benzene rings is 1. The lowest BCUT2D eigenvalue weighted by molar-refractivity contribution is 0.699. The van der Waals surface area contributed by atoms with E-state index in [0.717, 1.165) is 46.1 Å². The fourth-order valence-corrected chi connectivity index (χ4v) is 5.99. The Balaban J connectivity index is 1.68. The Morgan fingerprint density at radius 3 is 2.64 bits per heavy atom. The van der Waals surface area contributed by atoms with Crippen LogP contribution in [-0.2, 0) is 18.6 Å². The number of aryl methyl sites for hydroxylation is 2. The van der Waals surface area contributed by atoms with Crippen LogP contribution in [0.15, 0.2) is 64.8 Å². The van der Waals surface area contributed by atoms with Crippen molar-refractivity contribution in [3.05, 3.63) is 81.2 Å². The third-order valence-electron chi connectivity index (χ3n) is 5.09. The zero-order valence-corrected chi connectivity index (χ0v) is 16.9. The van der Waals surface area contributed by atoms with E-state index in [0.29, 0.717) is 0 Å². The minimum absolute atomic E-state index is 0.0628. The monoisotopic (exact) mass is 405 g/mol. The first-order valence-electron chi connectivity index (χ1n) is 9.45. The molecule has 0 bridgehead atoms. The van der Waals surface area contributed by atoms with E-state index in [2.05, 4.69) is 4.98 Å². The van der Waals surface area contributed by atoms with Crippen molar-refractivity contribution in [2.75, 3.05) is 0 Å². The standard InChI is InChI=1S/C22H19N3OS2/c26-21-19-17-8-4-5-9-18(17)28-20(19)24-22(25(21)16-6-2-1-3-7-16)27-14-15-10-12-23-13-11-15/h1-3,6-7,10-13H,4-5,8-9,14H2. The largest absolute Gasteiger partial charge is 0.268 e. The summed E-state index contributed by atoms with van der Waals surface area (Å²) in [5.74, 6) is 0.748. The highest BCUT2D eigenvalue weighted by atomic mass is 32.2. The first-order chi connectivity index (χ1) is 13.8. The van der Waals surface area contributed by atoms with Crippen molar-refractivity contribution in [1.82, 2.24) is 14.5 Å². The molecule has 1 aliphatic rings. The highest BCUT2D eigenvalue weighted by molar-refractivity contribution is 7.98. The molecule has 0 atom stereocenters. The second-order valence-corrected chi connectivity index (χ2v) is 8.93. The van der Waals surface area contributed by atoms with Gasteiger partial charge in [0.2, 0.25) is 0 Å². The zero-order chi connectivity index (χ0) is 18.9. The lowest BCUT2D eigenvalue weighted by Gasteiger charge is -2.13. The highest BCUT2D eigenvalue weighted by Gasteiger charge is 2.22. The molecule has 4 aromatic rings. The Morgan fingerprint density at radius 2 is 1.82 bits per heavy atom. The van der Waals surface area contributed by atoms with E-state index in [4.69, 9.17) is 4.98 Å². The number of hydrogen-bond acceptors (Lipinski definition) is 5. The molecule has 6 heteroatoms. The van der Waals surface area contributed by atoms with Gasteiger partial charge in [0.25, 0.3) is 5.56 Å². The summed E-state index contributed by atoms with van der Waals surface area (Å²) in [6.45, 7) is 0. The summed E-state index contributed by atoms with van der Waals surface area (Å²) < 4.78 is 1.79. The fraction of sp³-hybridized carbons (Fsp3) is 0.227. The van der Waals surface area contributed by atoms with Crippen LogP contribution in [0.25, 0.3) is 15.9 Å². The summed E-state index contributed by atoms with van der Waals surface area (Å²) in [6.07, 6.45) is 8.01. The third-order valence-corrected chi connectivity index (χ3v) is 7.29. The molecule has 0 N–H and O–H groups in total. The van der Waals surface area contributed by atoms with Crippen LogP contribution in [0.4, 0.5) is 0 Å². The van der Waals surface area contributed by atoms with Gasteiger partial charge in [0, 0.05) is 23.0 Å². The maximum absolute atomic E-state index is 13.6. The van der Waals surface area contributed by atoms with Gasteiger partial charge >= 0.3 is 0 Å². The number of rotatable bonds is 4. The Morgan fingerprint density at radius 1 is 1.04 bits per heavy atom. The molecule has 0 radical (unpaired) electrons. The number of thioether (sulfide) groups is 1. The molecule has 1 aliphatic carbocycles. The maximum Gasteiger partial charge on any atom is 0.267 e. The number of thiophene rings is 1. The third kappa shape index (κ3) is 3.16. The van der Waals surface area contributed by atoms with E-state index in [1.54, 1.807) is 40.1 Å². The topological polar surface area (TPSA) is 47.8 Å². The number of nitrogens with zero attached hydrogens (tertiary/aromatic N) is 3. The molecule has 4 nitrogen and oxygen atoms in total. The molecule has 0 amide bonds. The Bertz CT molecular complexity index is 1180. The van der Waals surface area contributed by atoms with Gasteiger partial charge in [-0.2, -0.15) is 0 Å². The molecule has 3 aromatic heterocycles. The summed E-state index contributed by atoms with van der Waals surface area (Å²) in [6, 6.07) is 13.9. The van der Waals surface area contributed by atoms with E-state index in [-0.39, 0.29) is 5.56 Å². The quantitative estimate of drug-likeness (QED) is 0.354. The molecule has 0 unspecified atom stereocenters. The zero-order valence-electron chi connectivity index (χ0n) is 15.3. The van der Waals surface area contributed by atoms with Gasteiger partial charge in [-0.25, -0.2) is 4.98 Å². The second kappa shape index (κ2) is 7.53. The average Bonchev–Trinajstić information content (AvgIpc) is 3.12.